The highest BCUT2D eigenvalue weighted by Gasteiger charge is 2.16. The highest BCUT2D eigenvalue weighted by atomic mass is 32.2. The maximum absolute atomic E-state index is 12.4. The maximum Gasteiger partial charge on any atom is 0.316 e. The molecule has 0 aromatic carbocycles. The normalized spacial score (nSPS) is 10.4. The summed E-state index contributed by atoms with van der Waals surface area (Å²) >= 11 is 2.36. The Labute approximate surface area is 158 Å². The minimum atomic E-state index is -0.413. The standard InChI is InChI=1S/C15H18N4O5S2/c1-3-23-11(20)9-25-15-19-18-14(26-15)17-12(21)10-5-4-6-16-13(10)24-8-7-22-2/h4-6H,3,7-9H2,1-2H3,(H,17,18,21). The van der Waals surface area contributed by atoms with Crippen molar-refractivity contribution < 1.29 is 23.8 Å². The molecule has 0 aliphatic carbocycles. The lowest BCUT2D eigenvalue weighted by molar-refractivity contribution is -0.139. The Kier molecular flexibility index (Phi) is 8.25. The highest BCUT2D eigenvalue weighted by molar-refractivity contribution is 8.01. The first-order chi connectivity index (χ1) is 12.6. The third-order valence-electron chi connectivity index (χ3n) is 2.79. The third kappa shape index (κ3) is 6.24. The van der Waals surface area contributed by atoms with E-state index in [-0.39, 0.29) is 29.8 Å². The van der Waals surface area contributed by atoms with Crippen LogP contribution in [0.2, 0.25) is 0 Å². The summed E-state index contributed by atoms with van der Waals surface area (Å²) in [6, 6.07) is 3.24. The van der Waals surface area contributed by atoms with Crippen molar-refractivity contribution in [2.45, 2.75) is 11.3 Å². The van der Waals surface area contributed by atoms with Gasteiger partial charge in [-0.2, -0.15) is 0 Å². The number of aromatic nitrogens is 3. The highest BCUT2D eigenvalue weighted by Crippen LogP contribution is 2.26. The molecule has 2 rings (SSSR count). The second-order valence-corrected chi connectivity index (χ2v) is 6.82. The largest absolute Gasteiger partial charge is 0.475 e. The van der Waals surface area contributed by atoms with E-state index < -0.39 is 5.91 Å². The van der Waals surface area contributed by atoms with Gasteiger partial charge in [0.05, 0.1) is 19.0 Å². The lowest BCUT2D eigenvalue weighted by Gasteiger charge is -2.08. The molecule has 11 heteroatoms. The van der Waals surface area contributed by atoms with Crippen molar-refractivity contribution in [2.75, 3.05) is 38.0 Å². The average Bonchev–Trinajstić information content (AvgIpc) is 3.08. The molecule has 9 nitrogen and oxygen atoms in total. The van der Waals surface area contributed by atoms with Crippen molar-refractivity contribution in [1.29, 1.82) is 0 Å². The average molecular weight is 398 g/mol. The molecule has 0 radical (unpaired) electrons. The van der Waals surface area contributed by atoms with Crippen molar-refractivity contribution in [3.8, 4) is 5.88 Å². The van der Waals surface area contributed by atoms with E-state index in [9.17, 15) is 9.59 Å². The van der Waals surface area contributed by atoms with Crippen molar-refractivity contribution in [1.82, 2.24) is 15.2 Å². The minimum absolute atomic E-state index is 0.135. The maximum atomic E-state index is 12.4. The van der Waals surface area contributed by atoms with Crippen LogP contribution in [-0.2, 0) is 14.3 Å². The van der Waals surface area contributed by atoms with Crippen LogP contribution in [0.25, 0.3) is 0 Å². The molecule has 0 saturated heterocycles. The second kappa shape index (κ2) is 10.7. The molecule has 2 aromatic heterocycles. The van der Waals surface area contributed by atoms with E-state index in [0.29, 0.717) is 22.7 Å². The van der Waals surface area contributed by atoms with E-state index in [4.69, 9.17) is 14.2 Å². The Morgan fingerprint density at radius 2 is 2.15 bits per heavy atom. The van der Waals surface area contributed by atoms with Crippen LogP contribution in [0.4, 0.5) is 5.13 Å². The number of hydrogen-bond acceptors (Lipinski definition) is 10. The summed E-state index contributed by atoms with van der Waals surface area (Å²) in [5.74, 6) is -0.394. The smallest absolute Gasteiger partial charge is 0.316 e. The molecular formula is C15H18N4O5S2. The van der Waals surface area contributed by atoms with Gasteiger partial charge in [-0.05, 0) is 19.1 Å². The number of amides is 1. The zero-order chi connectivity index (χ0) is 18.8. The van der Waals surface area contributed by atoms with Gasteiger partial charge in [-0.25, -0.2) is 4.98 Å². The van der Waals surface area contributed by atoms with Gasteiger partial charge in [0.15, 0.2) is 4.34 Å². The Hall–Kier alpha value is -2.24. The third-order valence-corrected chi connectivity index (χ3v) is 4.73. The monoisotopic (exact) mass is 398 g/mol. The molecule has 1 amide bonds. The molecular weight excluding hydrogens is 380 g/mol. The van der Waals surface area contributed by atoms with E-state index in [1.54, 1.807) is 26.2 Å². The van der Waals surface area contributed by atoms with Crippen LogP contribution < -0.4 is 10.1 Å². The van der Waals surface area contributed by atoms with Gasteiger partial charge in [0, 0.05) is 13.3 Å². The van der Waals surface area contributed by atoms with Crippen LogP contribution in [0.5, 0.6) is 5.88 Å². The van der Waals surface area contributed by atoms with Crippen LogP contribution in [0, 0.1) is 0 Å². The number of anilines is 1. The molecule has 1 N–H and O–H groups in total. The molecule has 0 bridgehead atoms. The van der Waals surface area contributed by atoms with Gasteiger partial charge in [-0.15, -0.1) is 10.2 Å². The van der Waals surface area contributed by atoms with Gasteiger partial charge in [-0.1, -0.05) is 23.1 Å². The molecule has 0 fully saturated rings. The Morgan fingerprint density at radius 3 is 2.92 bits per heavy atom. The lowest BCUT2D eigenvalue weighted by Crippen LogP contribution is -2.15. The molecule has 140 valence electrons. The van der Waals surface area contributed by atoms with Gasteiger partial charge in [0.2, 0.25) is 11.0 Å². The number of nitrogens with zero attached hydrogens (tertiary/aromatic N) is 3. The molecule has 2 aromatic rings. The predicted octanol–water partition coefficient (Wildman–Crippen LogP) is 1.87. The fourth-order valence-corrected chi connectivity index (χ4v) is 3.25. The fraction of sp³-hybridized carbons (Fsp3) is 0.400. The van der Waals surface area contributed by atoms with Crippen LogP contribution >= 0.6 is 23.1 Å². The summed E-state index contributed by atoms with van der Waals surface area (Å²) in [6.07, 6.45) is 1.54. The zero-order valence-electron chi connectivity index (χ0n) is 14.3. The lowest BCUT2D eigenvalue weighted by atomic mass is 10.2. The number of pyridine rings is 1. The van der Waals surface area contributed by atoms with Crippen LogP contribution in [0.1, 0.15) is 17.3 Å². The number of hydrogen-bond donors (Lipinski definition) is 1. The van der Waals surface area contributed by atoms with E-state index >= 15 is 0 Å². The van der Waals surface area contributed by atoms with Crippen molar-refractivity contribution in [2.24, 2.45) is 0 Å². The van der Waals surface area contributed by atoms with E-state index in [1.807, 2.05) is 0 Å². The van der Waals surface area contributed by atoms with Gasteiger partial charge in [0.1, 0.15) is 12.2 Å². The van der Waals surface area contributed by atoms with Gasteiger partial charge in [-0.3, -0.25) is 14.9 Å². The van der Waals surface area contributed by atoms with Crippen molar-refractivity contribution in [3.63, 3.8) is 0 Å². The van der Waals surface area contributed by atoms with Crippen LogP contribution in [0.3, 0.4) is 0 Å². The first-order valence-corrected chi connectivity index (χ1v) is 9.44. The first-order valence-electron chi connectivity index (χ1n) is 7.64. The zero-order valence-corrected chi connectivity index (χ0v) is 15.9. The number of carbonyl (C=O) groups is 2. The number of esters is 1. The van der Waals surface area contributed by atoms with E-state index in [1.165, 1.54) is 18.0 Å². The summed E-state index contributed by atoms with van der Waals surface area (Å²) in [4.78, 5) is 27.8. The second-order valence-electron chi connectivity index (χ2n) is 4.62. The van der Waals surface area contributed by atoms with Gasteiger partial charge >= 0.3 is 5.97 Å². The number of ether oxygens (including phenoxy) is 3. The van der Waals surface area contributed by atoms with E-state index in [2.05, 4.69) is 20.5 Å². The van der Waals surface area contributed by atoms with Gasteiger partial charge in [0.25, 0.3) is 5.91 Å². The summed E-state index contributed by atoms with van der Waals surface area (Å²) in [5, 5.41) is 10.8. The van der Waals surface area contributed by atoms with Crippen LogP contribution in [0.15, 0.2) is 22.7 Å². The molecule has 0 saturated carbocycles. The molecule has 0 spiro atoms. The molecule has 0 aliphatic heterocycles. The Morgan fingerprint density at radius 1 is 1.31 bits per heavy atom. The van der Waals surface area contributed by atoms with Gasteiger partial charge < -0.3 is 14.2 Å². The Bertz CT molecular complexity index is 740. The molecule has 2 heterocycles. The summed E-state index contributed by atoms with van der Waals surface area (Å²) < 4.78 is 15.8. The van der Waals surface area contributed by atoms with Crippen molar-refractivity contribution >= 4 is 40.1 Å². The van der Waals surface area contributed by atoms with Crippen LogP contribution in [-0.4, -0.2) is 59.7 Å². The summed E-state index contributed by atoms with van der Waals surface area (Å²) in [7, 11) is 1.56. The predicted molar refractivity (Wildman–Crippen MR) is 96.8 cm³/mol. The fourth-order valence-electron chi connectivity index (χ4n) is 1.71. The minimum Gasteiger partial charge on any atom is -0.475 e. The number of nitrogens with one attached hydrogen (secondary N) is 1. The molecule has 0 atom stereocenters. The van der Waals surface area contributed by atoms with Crippen molar-refractivity contribution in [3.05, 3.63) is 23.9 Å². The summed E-state index contributed by atoms with van der Waals surface area (Å²) in [6.45, 7) is 2.74. The first kappa shape index (κ1) is 20.1. The topological polar surface area (TPSA) is 113 Å². The molecule has 26 heavy (non-hydrogen) atoms. The number of rotatable bonds is 10. The quantitative estimate of drug-likeness (QED) is 0.277. The number of thioether (sulfide) groups is 1. The SMILES string of the molecule is CCOC(=O)CSc1nnc(NC(=O)c2cccnc2OCCOC)s1. The number of carbonyl (C=O) groups excluding carboxylic acids is 2. The van der Waals surface area contributed by atoms with E-state index in [0.717, 1.165) is 11.3 Å². The molecule has 0 unspecified atom stereocenters. The molecule has 0 aliphatic rings. The Balaban J connectivity index is 1.95. The summed E-state index contributed by atoms with van der Waals surface area (Å²) in [5.41, 5.74) is 0.277. The number of methoxy groups -OCH3 is 1.